The number of carboxylic acid groups (broad SMARTS) is 1. The molecule has 11 atom stereocenters. The predicted molar refractivity (Wildman–Crippen MR) is 519 cm³/mol. The van der Waals surface area contributed by atoms with Gasteiger partial charge >= 0.3 is 48.6 Å². The highest BCUT2D eigenvalue weighted by Gasteiger charge is 2.42. The first kappa shape index (κ1) is 123. The number of fused-ring (bicyclic) bond motifs is 1. The Balaban J connectivity index is 2.43. The van der Waals surface area contributed by atoms with E-state index in [0.717, 1.165) is 0 Å². The van der Waals surface area contributed by atoms with Gasteiger partial charge in [-0.05, 0) is 232 Å². The third-order valence-electron chi connectivity index (χ3n) is 20.3. The number of nitrogens with one attached hydrogen (secondary N) is 14. The number of ether oxygens (including phenoxy) is 8. The van der Waals surface area contributed by atoms with Crippen molar-refractivity contribution < 1.29 is 134 Å². The molecular weight excluding hydrogens is 1840 g/mol. The van der Waals surface area contributed by atoms with Crippen molar-refractivity contribution in [2.24, 2.45) is 23.0 Å². The first-order valence-corrected chi connectivity index (χ1v) is 47.5. The average Bonchev–Trinajstić information content (AvgIpc) is 1.60. The standard InChI is InChI=1S/C97H156N16O28/c1-28-47-134-90(133)135-72(116)37-36-65(84(126)127)108-80(122)66(48-54(2)3)109-81(123)67(49-55(4)5)110-82(124)68(50-58-53-113(89(132)141-96(23,24)25)69-35-30-29-33-59(58)69)111-78(120)63(40-45-102-87(130)139-94(17,18)19)106-77(119)62(39-44-101-86(129)138-93(14,15)16)105-76(118)61(34-31-32-42-99-56(6)73-70(114)51-97(26,27)52-71(73)115)107-83(125)74(57(7)136-91(8,9)10)112-79(121)64(41-46-103-88(131)140-95(20,21)22)104-75(117)60(98)38-43-100-85(128)137-92(11,12)13/h28-30,33,35,53-55,57,60-68,74,99H,1,31-32,34,36-52,98H2,2-27H3,(H,100,128)(H,101,129)(H,102,130)(H,103,131)(H,104,117)(H,105,118)(H,106,119)(H,107,125)(H,108,122)(H,109,123)(H,110,124)(H,111,120)(H,112,121)(H,126,127)/t57-,60-,61-,62-,63-,64-,65-,66+,67+,68-,74+/m0/s1. The van der Waals surface area contributed by atoms with Gasteiger partial charge in [-0.3, -0.25) is 62.1 Å². The molecule has 0 saturated heterocycles. The number of carbonyl (C=O) groups is 19. The van der Waals surface area contributed by atoms with Crippen LogP contribution in [-0.2, 0) is 107 Å². The normalized spacial score (nSPS) is 15.3. The summed E-state index contributed by atoms with van der Waals surface area (Å²) in [6.07, 6.45) is -8.38. The Morgan fingerprint density at radius 3 is 1.25 bits per heavy atom. The molecule has 1 heterocycles. The van der Waals surface area contributed by atoms with E-state index in [1.807, 2.05) is 0 Å². The van der Waals surface area contributed by atoms with E-state index in [9.17, 15) is 67.4 Å². The number of allylic oxidation sites excluding steroid dienone is 2. The van der Waals surface area contributed by atoms with E-state index in [2.05, 4.69) is 90.5 Å². The molecule has 0 spiro atoms. The monoisotopic (exact) mass is 1990 g/mol. The van der Waals surface area contributed by atoms with Crippen LogP contribution in [0.15, 0.2) is 54.4 Å². The Morgan fingerprint density at radius 1 is 0.454 bits per heavy atom. The summed E-state index contributed by atoms with van der Waals surface area (Å²) in [6, 6.07) is -10.6. The number of carbonyl (C=O) groups excluding carboxylic acids is 18. The van der Waals surface area contributed by atoms with Crippen LogP contribution in [0.2, 0.25) is 0 Å². The molecule has 141 heavy (non-hydrogen) atoms. The van der Waals surface area contributed by atoms with Crippen molar-refractivity contribution in [1.29, 1.82) is 0 Å². The maximum Gasteiger partial charge on any atom is 0.516 e. The molecule has 1 aliphatic rings. The zero-order valence-corrected chi connectivity index (χ0v) is 86.8. The van der Waals surface area contributed by atoms with Gasteiger partial charge in [-0.2, -0.15) is 0 Å². The summed E-state index contributed by atoms with van der Waals surface area (Å²) in [6.45, 7) is 44.2. The molecule has 44 heteroatoms. The quantitative estimate of drug-likeness (QED) is 0.00586. The van der Waals surface area contributed by atoms with Crippen molar-refractivity contribution in [3.63, 3.8) is 0 Å². The average molecular weight is 1990 g/mol. The van der Waals surface area contributed by atoms with E-state index in [1.54, 1.807) is 197 Å². The number of unbranched alkanes of at least 4 members (excludes halogenated alkanes) is 1. The molecule has 1 saturated carbocycles. The minimum atomic E-state index is -1.90. The van der Waals surface area contributed by atoms with Crippen molar-refractivity contribution in [1.82, 2.24) is 79.0 Å². The largest absolute Gasteiger partial charge is 0.516 e. The summed E-state index contributed by atoms with van der Waals surface area (Å²) in [5, 5.41) is 47.5. The topological polar surface area (TPSA) is 618 Å². The SMILES string of the molecule is C=CCOC(=O)OC(=O)CC[C@H](NC(=O)[C@@H](CC(C)C)NC(=O)[C@@H](CC(C)C)NC(=O)[C@H](Cc1cn(C(=O)OC(C)(C)C)c2ccccc12)NC(=O)[C@H](CCNC(=O)OC(C)(C)C)NC(=O)[C@H](CCNC(=O)OC(C)(C)C)NC(=O)[C@H](CCCCNC(C)=C1C(=O)CC(C)(C)CC1=O)NC(=O)[C@H](NC(=O)[C@H](CCNC(=O)OC(C)(C)C)NC(=O)[C@@H](N)CCNC(=O)OC(C)(C)C)[C@H](C)OC(C)(C)C)C(=O)O. The number of amides is 13. The van der Waals surface area contributed by atoms with Gasteiger partial charge in [-0.15, -0.1) is 0 Å². The van der Waals surface area contributed by atoms with Crippen molar-refractivity contribution in [3.05, 3.63) is 60.0 Å². The van der Waals surface area contributed by atoms with Crippen LogP contribution in [0.3, 0.4) is 0 Å². The Bertz CT molecular complexity index is 4710. The van der Waals surface area contributed by atoms with Crippen molar-refractivity contribution in [2.75, 3.05) is 39.3 Å². The molecule has 0 aliphatic heterocycles. The maximum atomic E-state index is 15.8. The highest BCUT2D eigenvalue weighted by atomic mass is 16.7. The third kappa shape index (κ3) is 48.5. The zero-order chi connectivity index (χ0) is 107. The molecule has 1 aliphatic carbocycles. The van der Waals surface area contributed by atoms with Crippen LogP contribution in [0.4, 0.5) is 28.8 Å². The Labute approximate surface area is 825 Å². The van der Waals surface area contributed by atoms with E-state index in [0.29, 0.717) is 11.1 Å². The summed E-state index contributed by atoms with van der Waals surface area (Å²) in [5.41, 5.74) is 0.418. The highest BCUT2D eigenvalue weighted by Crippen LogP contribution is 2.35. The van der Waals surface area contributed by atoms with Gasteiger partial charge in [-0.25, -0.2) is 33.6 Å². The van der Waals surface area contributed by atoms with Gasteiger partial charge in [0.2, 0.25) is 53.2 Å². The molecule has 13 amide bonds. The number of aromatic nitrogens is 1. The minimum Gasteiger partial charge on any atom is -0.480 e. The lowest BCUT2D eigenvalue weighted by molar-refractivity contribution is -0.144. The van der Waals surface area contributed by atoms with Crippen LogP contribution in [0.1, 0.15) is 269 Å². The van der Waals surface area contributed by atoms with Crippen LogP contribution < -0.4 is 80.2 Å². The molecule has 0 radical (unpaired) electrons. The van der Waals surface area contributed by atoms with E-state index in [1.165, 1.54) is 23.8 Å². The van der Waals surface area contributed by atoms with Gasteiger partial charge in [0.05, 0.1) is 28.8 Å². The molecule has 792 valence electrons. The van der Waals surface area contributed by atoms with Gasteiger partial charge < -0.3 is 123 Å². The number of hydrogen-bond donors (Lipinski definition) is 16. The number of aliphatic carboxylic acids is 1. The lowest BCUT2D eigenvalue weighted by Gasteiger charge is -2.33. The second-order valence-corrected chi connectivity index (χ2v) is 42.4. The van der Waals surface area contributed by atoms with Crippen molar-refractivity contribution in [2.45, 2.75) is 370 Å². The van der Waals surface area contributed by atoms with E-state index in [-0.39, 0.29) is 118 Å². The molecule has 1 aromatic heterocycles. The maximum absolute atomic E-state index is 15.8. The number of nitrogens with two attached hydrogens (primary N) is 1. The molecule has 1 fully saturated rings. The van der Waals surface area contributed by atoms with Gasteiger partial charge in [0.25, 0.3) is 0 Å². The van der Waals surface area contributed by atoms with Crippen molar-refractivity contribution in [3.8, 4) is 0 Å². The Kier molecular flexibility index (Phi) is 48.4. The lowest BCUT2D eigenvalue weighted by Crippen LogP contribution is -2.62. The molecule has 0 unspecified atom stereocenters. The summed E-state index contributed by atoms with van der Waals surface area (Å²) in [7, 11) is 0. The number of benzene rings is 1. The molecule has 3 rings (SSSR count). The third-order valence-corrected chi connectivity index (χ3v) is 20.3. The van der Waals surface area contributed by atoms with E-state index in [4.69, 9.17) is 34.2 Å². The second kappa shape index (κ2) is 55.6. The fourth-order valence-electron chi connectivity index (χ4n) is 14.2. The van der Waals surface area contributed by atoms with Gasteiger partial charge in [0.1, 0.15) is 89.0 Å². The Hall–Kier alpha value is -12.5. The summed E-state index contributed by atoms with van der Waals surface area (Å²) in [4.78, 5) is 268. The number of alkyl carbamates (subject to hydrolysis) is 4. The molecule has 0 bridgehead atoms. The number of Topliss-reactive ketones (excluding diaryl/α,β-unsaturated/α-hetero) is 2. The smallest absolute Gasteiger partial charge is 0.480 e. The number of ketones is 2. The van der Waals surface area contributed by atoms with Crippen LogP contribution in [0.25, 0.3) is 10.9 Å². The predicted octanol–water partition coefficient (Wildman–Crippen LogP) is 7.34. The number of nitrogens with zero attached hydrogens (tertiary/aromatic N) is 1. The van der Waals surface area contributed by atoms with Gasteiger partial charge in [0, 0.05) is 75.7 Å². The summed E-state index contributed by atoms with van der Waals surface area (Å²) < 4.78 is 44.3. The summed E-state index contributed by atoms with van der Waals surface area (Å²) >= 11 is 0. The minimum absolute atomic E-state index is 0.000164. The zero-order valence-electron chi connectivity index (χ0n) is 86.8. The fraction of sp³-hybridized carbons (Fsp3) is 0.680. The van der Waals surface area contributed by atoms with Crippen LogP contribution in [0, 0.1) is 17.3 Å². The Morgan fingerprint density at radius 2 is 0.830 bits per heavy atom. The van der Waals surface area contributed by atoms with E-state index < -0.39 is 258 Å². The highest BCUT2D eigenvalue weighted by molar-refractivity contribution is 6.22. The molecule has 44 nitrogen and oxygen atoms in total. The summed E-state index contributed by atoms with van der Waals surface area (Å²) in [5.74, 6) is -14.0. The molecule has 2 aromatic rings. The molecule has 17 N–H and O–H groups in total. The number of esters is 1. The van der Waals surface area contributed by atoms with Gasteiger partial charge in [-0.1, -0.05) is 72.4 Å². The van der Waals surface area contributed by atoms with Crippen molar-refractivity contribution >= 4 is 124 Å². The first-order valence-electron chi connectivity index (χ1n) is 47.5. The lowest BCUT2D eigenvalue weighted by atomic mass is 9.73. The first-order chi connectivity index (χ1) is 64.9. The number of para-hydroxylation sites is 1. The van der Waals surface area contributed by atoms with Crippen LogP contribution >= 0.6 is 0 Å². The molecular formula is C97H156N16O28. The number of rotatable bonds is 50. The number of carboxylic acids is 1. The second-order valence-electron chi connectivity index (χ2n) is 42.4. The number of hydrogen-bond acceptors (Lipinski definition) is 29. The van der Waals surface area contributed by atoms with Gasteiger partial charge in [0.15, 0.2) is 11.6 Å². The van der Waals surface area contributed by atoms with E-state index >= 15 is 28.8 Å². The van der Waals surface area contributed by atoms with Crippen LogP contribution in [-0.4, -0.2) is 262 Å². The van der Waals surface area contributed by atoms with Crippen LogP contribution in [0.5, 0.6) is 0 Å². The fourth-order valence-corrected chi connectivity index (χ4v) is 14.2. The molecule has 1 aromatic carbocycles.